The molecule has 1 aliphatic heterocycles. The van der Waals surface area contributed by atoms with Crippen molar-refractivity contribution in [2.75, 3.05) is 32.7 Å². The minimum atomic E-state index is 0.309. The predicted molar refractivity (Wildman–Crippen MR) is 106 cm³/mol. The lowest BCUT2D eigenvalue weighted by Gasteiger charge is -2.20. The zero-order valence-corrected chi connectivity index (χ0v) is 16.3. The molecule has 0 spiro atoms. The summed E-state index contributed by atoms with van der Waals surface area (Å²) < 4.78 is 0. The summed E-state index contributed by atoms with van der Waals surface area (Å²) in [7, 11) is 0. The summed E-state index contributed by atoms with van der Waals surface area (Å²) in [5, 5.41) is 6.68. The van der Waals surface area contributed by atoms with Crippen LogP contribution in [0.5, 0.6) is 0 Å². The number of hydrogen-bond donors (Lipinski definition) is 2. The third kappa shape index (κ3) is 7.02. The first-order chi connectivity index (χ1) is 12.7. The van der Waals surface area contributed by atoms with Gasteiger partial charge in [-0.1, -0.05) is 6.42 Å². The lowest BCUT2D eigenvalue weighted by atomic mass is 10.1. The summed E-state index contributed by atoms with van der Waals surface area (Å²) in [6.45, 7) is 8.29. The molecule has 0 radical (unpaired) electrons. The first-order valence-electron chi connectivity index (χ1n) is 9.90. The third-order valence-corrected chi connectivity index (χ3v) is 4.69. The molecule has 6 heteroatoms. The Morgan fingerprint density at radius 2 is 2.19 bits per heavy atom. The Labute approximate surface area is 157 Å². The van der Waals surface area contributed by atoms with Crippen LogP contribution in [0.15, 0.2) is 23.5 Å². The molecule has 144 valence electrons. The van der Waals surface area contributed by atoms with Gasteiger partial charge < -0.3 is 15.5 Å². The standard InChI is InChI=1S/C20H33N5O/c1-3-22-20(24-13-10-18-9-12-21-16-17(18)2)23-11-7-15-25-14-6-4-5-8-19(25)26/h9,12,16H,3-8,10-11,13-15H2,1-2H3,(H2,22,23,24). The highest BCUT2D eigenvalue weighted by atomic mass is 16.2. The molecule has 26 heavy (non-hydrogen) atoms. The number of aliphatic imine (C=N–C) groups is 1. The summed E-state index contributed by atoms with van der Waals surface area (Å²) in [5.41, 5.74) is 2.53. The highest BCUT2D eigenvalue weighted by molar-refractivity contribution is 5.79. The second-order valence-electron chi connectivity index (χ2n) is 6.78. The van der Waals surface area contributed by atoms with Crippen LogP contribution in [-0.2, 0) is 11.2 Å². The number of carbonyl (C=O) groups is 1. The van der Waals surface area contributed by atoms with E-state index in [4.69, 9.17) is 0 Å². The predicted octanol–water partition coefficient (Wildman–Crippen LogP) is 2.28. The maximum absolute atomic E-state index is 12.0. The number of guanidine groups is 1. The van der Waals surface area contributed by atoms with Crippen LogP contribution in [0, 0.1) is 6.92 Å². The van der Waals surface area contributed by atoms with Crippen molar-refractivity contribution in [2.45, 2.75) is 52.4 Å². The molecule has 0 atom stereocenters. The van der Waals surface area contributed by atoms with Crippen LogP contribution in [-0.4, -0.2) is 54.5 Å². The normalized spacial score (nSPS) is 15.7. The molecule has 0 saturated carbocycles. The molecule has 0 aromatic carbocycles. The van der Waals surface area contributed by atoms with Crippen LogP contribution in [0.4, 0.5) is 0 Å². The van der Waals surface area contributed by atoms with Crippen LogP contribution in [0.1, 0.15) is 50.2 Å². The molecule has 0 bridgehead atoms. The van der Waals surface area contributed by atoms with Crippen molar-refractivity contribution in [3.05, 3.63) is 29.6 Å². The van der Waals surface area contributed by atoms with Crippen LogP contribution >= 0.6 is 0 Å². The second kappa shape index (κ2) is 11.5. The second-order valence-corrected chi connectivity index (χ2v) is 6.78. The molecule has 1 aromatic rings. The highest BCUT2D eigenvalue weighted by Crippen LogP contribution is 2.11. The van der Waals surface area contributed by atoms with E-state index in [1.165, 1.54) is 17.5 Å². The fourth-order valence-electron chi connectivity index (χ4n) is 3.17. The molecule has 2 N–H and O–H groups in total. The number of pyridine rings is 1. The van der Waals surface area contributed by atoms with Crippen LogP contribution < -0.4 is 10.6 Å². The molecule has 1 fully saturated rings. The number of carbonyl (C=O) groups excluding carboxylic acids is 1. The molecule has 0 unspecified atom stereocenters. The molecule has 2 rings (SSSR count). The van der Waals surface area contributed by atoms with Crippen molar-refractivity contribution < 1.29 is 4.79 Å². The zero-order valence-electron chi connectivity index (χ0n) is 16.3. The van der Waals surface area contributed by atoms with Gasteiger partial charge >= 0.3 is 0 Å². The van der Waals surface area contributed by atoms with Crippen molar-refractivity contribution in [1.29, 1.82) is 0 Å². The fourth-order valence-corrected chi connectivity index (χ4v) is 3.17. The Balaban J connectivity index is 1.73. The number of nitrogens with one attached hydrogen (secondary N) is 2. The summed E-state index contributed by atoms with van der Waals surface area (Å²) in [6, 6.07) is 2.07. The van der Waals surface area contributed by atoms with E-state index >= 15 is 0 Å². The van der Waals surface area contributed by atoms with Crippen molar-refractivity contribution in [3.8, 4) is 0 Å². The van der Waals surface area contributed by atoms with Crippen molar-refractivity contribution >= 4 is 11.9 Å². The summed E-state index contributed by atoms with van der Waals surface area (Å²) >= 11 is 0. The number of aromatic nitrogens is 1. The summed E-state index contributed by atoms with van der Waals surface area (Å²) in [6.07, 6.45) is 9.65. The summed E-state index contributed by atoms with van der Waals surface area (Å²) in [5.74, 6) is 1.16. The Hall–Kier alpha value is -2.11. The first kappa shape index (κ1) is 20.2. The van der Waals surface area contributed by atoms with Crippen molar-refractivity contribution in [3.63, 3.8) is 0 Å². The largest absolute Gasteiger partial charge is 0.357 e. The third-order valence-electron chi connectivity index (χ3n) is 4.69. The van der Waals surface area contributed by atoms with Gasteiger partial charge in [-0.3, -0.25) is 14.8 Å². The quantitative estimate of drug-likeness (QED) is 0.424. The van der Waals surface area contributed by atoms with E-state index in [-0.39, 0.29) is 0 Å². The zero-order chi connectivity index (χ0) is 18.6. The molecule has 1 aromatic heterocycles. The number of hydrogen-bond acceptors (Lipinski definition) is 3. The Morgan fingerprint density at radius 3 is 3.00 bits per heavy atom. The summed E-state index contributed by atoms with van der Waals surface area (Å²) in [4.78, 5) is 22.8. The van der Waals surface area contributed by atoms with Gasteiger partial charge in [0.25, 0.3) is 0 Å². The molecule has 1 aliphatic rings. The van der Waals surface area contributed by atoms with E-state index < -0.39 is 0 Å². The Morgan fingerprint density at radius 1 is 1.31 bits per heavy atom. The van der Waals surface area contributed by atoms with Crippen molar-refractivity contribution in [2.24, 2.45) is 4.99 Å². The SMILES string of the molecule is CCNC(=NCCCN1CCCCCC1=O)NCCc1ccncc1C. The van der Waals surface area contributed by atoms with Gasteiger partial charge in [0.1, 0.15) is 0 Å². The number of rotatable bonds is 8. The Bertz CT molecular complexity index is 587. The van der Waals surface area contributed by atoms with Gasteiger partial charge in [0.15, 0.2) is 5.96 Å². The van der Waals surface area contributed by atoms with Crippen LogP contribution in [0.3, 0.4) is 0 Å². The van der Waals surface area contributed by atoms with Gasteiger partial charge in [-0.15, -0.1) is 0 Å². The Kier molecular flexibility index (Phi) is 8.93. The average molecular weight is 360 g/mol. The average Bonchev–Trinajstić information content (AvgIpc) is 2.84. The van der Waals surface area contributed by atoms with Gasteiger partial charge in [0.2, 0.25) is 5.91 Å². The monoisotopic (exact) mass is 359 g/mol. The molecule has 1 amide bonds. The van der Waals surface area contributed by atoms with E-state index in [0.29, 0.717) is 12.3 Å². The number of likely N-dealkylation sites (tertiary alicyclic amines) is 1. The fraction of sp³-hybridized carbons (Fsp3) is 0.650. The number of nitrogens with zero attached hydrogens (tertiary/aromatic N) is 3. The van der Waals surface area contributed by atoms with Crippen molar-refractivity contribution in [1.82, 2.24) is 20.5 Å². The van der Waals surface area contributed by atoms with Crippen LogP contribution in [0.25, 0.3) is 0 Å². The first-order valence-corrected chi connectivity index (χ1v) is 9.90. The minimum absolute atomic E-state index is 0.309. The van der Waals surface area contributed by atoms with E-state index in [2.05, 4.69) is 40.5 Å². The molecule has 6 nitrogen and oxygen atoms in total. The van der Waals surface area contributed by atoms with Gasteiger partial charge in [0.05, 0.1) is 0 Å². The molecule has 1 saturated heterocycles. The van der Waals surface area contributed by atoms with E-state index in [0.717, 1.165) is 64.4 Å². The van der Waals surface area contributed by atoms with Gasteiger partial charge in [0, 0.05) is 51.5 Å². The lowest BCUT2D eigenvalue weighted by molar-refractivity contribution is -0.130. The lowest BCUT2D eigenvalue weighted by Crippen LogP contribution is -2.38. The highest BCUT2D eigenvalue weighted by Gasteiger charge is 2.15. The molecule has 0 aliphatic carbocycles. The topological polar surface area (TPSA) is 69.6 Å². The van der Waals surface area contributed by atoms with E-state index in [1.54, 1.807) is 0 Å². The number of aryl methyl sites for hydroxylation is 1. The van der Waals surface area contributed by atoms with Gasteiger partial charge in [-0.25, -0.2) is 0 Å². The minimum Gasteiger partial charge on any atom is -0.357 e. The maximum Gasteiger partial charge on any atom is 0.222 e. The van der Waals surface area contributed by atoms with Crippen LogP contribution in [0.2, 0.25) is 0 Å². The maximum atomic E-state index is 12.0. The molecule has 2 heterocycles. The molecular weight excluding hydrogens is 326 g/mol. The van der Waals surface area contributed by atoms with Gasteiger partial charge in [-0.05, 0) is 56.7 Å². The number of amides is 1. The van der Waals surface area contributed by atoms with E-state index in [1.807, 2.05) is 17.3 Å². The van der Waals surface area contributed by atoms with E-state index in [9.17, 15) is 4.79 Å². The van der Waals surface area contributed by atoms with Gasteiger partial charge in [-0.2, -0.15) is 0 Å². The smallest absolute Gasteiger partial charge is 0.222 e. The molecular formula is C20H33N5O.